The number of carbonyl (C=O) groups excluding carboxylic acids is 1. The largest absolute Gasteiger partial charge is 0.494 e. The van der Waals surface area contributed by atoms with Crippen molar-refractivity contribution in [3.63, 3.8) is 0 Å². The van der Waals surface area contributed by atoms with Gasteiger partial charge in [0.1, 0.15) is 11.6 Å². The van der Waals surface area contributed by atoms with Crippen LogP contribution in [-0.2, 0) is 9.53 Å². The van der Waals surface area contributed by atoms with E-state index in [0.29, 0.717) is 25.5 Å². The number of ether oxygens (including phenoxy) is 2. The Hall–Kier alpha value is -2.31. The molecule has 1 aromatic carbocycles. The van der Waals surface area contributed by atoms with E-state index in [1.54, 1.807) is 19.2 Å². The Morgan fingerprint density at radius 3 is 2.81 bits per heavy atom. The van der Waals surface area contributed by atoms with Crippen LogP contribution >= 0.6 is 0 Å². The van der Waals surface area contributed by atoms with Crippen LogP contribution in [0.3, 0.4) is 0 Å². The molecular weight excluding hydrogens is 349 g/mol. The number of likely N-dealkylation sites (tertiary alicyclic amines) is 1. The fourth-order valence-corrected chi connectivity index (χ4v) is 3.10. The van der Waals surface area contributed by atoms with Gasteiger partial charge in [0.05, 0.1) is 19.1 Å². The van der Waals surface area contributed by atoms with Gasteiger partial charge in [-0.3, -0.25) is 9.79 Å². The first-order valence-corrected chi connectivity index (χ1v) is 9.64. The van der Waals surface area contributed by atoms with Crippen LogP contribution in [0.5, 0.6) is 5.75 Å². The third kappa shape index (κ3) is 7.07. The molecule has 1 atom stereocenters. The van der Waals surface area contributed by atoms with Gasteiger partial charge < -0.3 is 19.7 Å². The SMILES string of the molecule is CCOC(=O)C1CCCN(C(=NC)NCCCCOc2ccc(F)cc2)C1. The normalized spacial score (nSPS) is 17.5. The van der Waals surface area contributed by atoms with Crippen molar-refractivity contribution in [2.45, 2.75) is 32.6 Å². The Balaban J connectivity index is 1.66. The van der Waals surface area contributed by atoms with Crippen LogP contribution in [0, 0.1) is 11.7 Å². The van der Waals surface area contributed by atoms with Gasteiger partial charge in [-0.1, -0.05) is 0 Å². The topological polar surface area (TPSA) is 63.2 Å². The molecule has 1 aromatic rings. The van der Waals surface area contributed by atoms with E-state index in [9.17, 15) is 9.18 Å². The molecule has 0 spiro atoms. The molecule has 1 heterocycles. The fraction of sp³-hybridized carbons (Fsp3) is 0.600. The van der Waals surface area contributed by atoms with Gasteiger partial charge in [0.2, 0.25) is 0 Å². The predicted octanol–water partition coefficient (Wildman–Crippen LogP) is 2.84. The summed E-state index contributed by atoms with van der Waals surface area (Å²) in [5.74, 6) is 1.04. The third-order valence-corrected chi connectivity index (χ3v) is 4.49. The molecule has 1 aliphatic rings. The van der Waals surface area contributed by atoms with E-state index in [2.05, 4.69) is 15.2 Å². The molecule has 150 valence electrons. The Bertz CT molecular complexity index is 607. The molecule has 1 saturated heterocycles. The van der Waals surface area contributed by atoms with Crippen molar-refractivity contribution in [2.75, 3.05) is 39.9 Å². The summed E-state index contributed by atoms with van der Waals surface area (Å²) in [6.07, 6.45) is 3.63. The minimum absolute atomic E-state index is 0.0821. The second-order valence-electron chi connectivity index (χ2n) is 6.52. The highest BCUT2D eigenvalue weighted by Gasteiger charge is 2.28. The van der Waals surface area contributed by atoms with E-state index in [1.165, 1.54) is 12.1 Å². The molecule has 0 amide bonds. The minimum atomic E-state index is -0.263. The van der Waals surface area contributed by atoms with Crippen LogP contribution in [0.25, 0.3) is 0 Å². The average Bonchev–Trinajstić information content (AvgIpc) is 2.69. The molecule has 6 nitrogen and oxygen atoms in total. The summed E-state index contributed by atoms with van der Waals surface area (Å²) >= 11 is 0. The lowest BCUT2D eigenvalue weighted by molar-refractivity contribution is -0.149. The standard InChI is InChI=1S/C20H30FN3O3/c1-3-26-19(25)16-7-6-13-24(15-16)20(22-2)23-12-4-5-14-27-18-10-8-17(21)9-11-18/h8-11,16H,3-7,12-15H2,1-2H3,(H,22,23). The second-order valence-corrected chi connectivity index (χ2v) is 6.52. The molecule has 0 aromatic heterocycles. The van der Waals surface area contributed by atoms with Gasteiger partial charge in [-0.2, -0.15) is 0 Å². The zero-order valence-electron chi connectivity index (χ0n) is 16.2. The number of unbranched alkanes of at least 4 members (excludes halogenated alkanes) is 1. The third-order valence-electron chi connectivity index (χ3n) is 4.49. The first-order valence-electron chi connectivity index (χ1n) is 9.64. The smallest absolute Gasteiger partial charge is 0.310 e. The van der Waals surface area contributed by atoms with E-state index >= 15 is 0 Å². The molecule has 7 heteroatoms. The summed E-state index contributed by atoms with van der Waals surface area (Å²) in [5.41, 5.74) is 0. The fourth-order valence-electron chi connectivity index (χ4n) is 3.10. The molecule has 2 rings (SSSR count). The number of carbonyl (C=O) groups is 1. The predicted molar refractivity (Wildman–Crippen MR) is 103 cm³/mol. The Kier molecular flexibility index (Phi) is 8.87. The van der Waals surface area contributed by atoms with Gasteiger partial charge in [-0.25, -0.2) is 4.39 Å². The Morgan fingerprint density at radius 1 is 1.33 bits per heavy atom. The Labute approximate surface area is 160 Å². The van der Waals surface area contributed by atoms with Crippen molar-refractivity contribution in [3.05, 3.63) is 30.1 Å². The summed E-state index contributed by atoms with van der Waals surface area (Å²) in [5, 5.41) is 3.36. The lowest BCUT2D eigenvalue weighted by Gasteiger charge is -2.33. The first kappa shape index (κ1) is 21.0. The number of halogens is 1. The summed E-state index contributed by atoms with van der Waals surface area (Å²) in [4.78, 5) is 18.4. The van der Waals surface area contributed by atoms with E-state index in [-0.39, 0.29) is 17.7 Å². The molecule has 0 radical (unpaired) electrons. The van der Waals surface area contributed by atoms with Gasteiger partial charge in [0.25, 0.3) is 0 Å². The minimum Gasteiger partial charge on any atom is -0.494 e. The second kappa shape index (κ2) is 11.4. The molecule has 1 fully saturated rings. The highest BCUT2D eigenvalue weighted by Crippen LogP contribution is 2.18. The van der Waals surface area contributed by atoms with Crippen LogP contribution < -0.4 is 10.1 Å². The van der Waals surface area contributed by atoms with Crippen molar-refractivity contribution >= 4 is 11.9 Å². The van der Waals surface area contributed by atoms with Crippen molar-refractivity contribution in [3.8, 4) is 5.75 Å². The lowest BCUT2D eigenvalue weighted by atomic mass is 9.98. The number of nitrogens with one attached hydrogen (secondary N) is 1. The lowest BCUT2D eigenvalue weighted by Crippen LogP contribution is -2.48. The molecular formula is C20H30FN3O3. The number of hydrogen-bond donors (Lipinski definition) is 1. The van der Waals surface area contributed by atoms with Crippen molar-refractivity contribution in [2.24, 2.45) is 10.9 Å². The van der Waals surface area contributed by atoms with Gasteiger partial charge in [0, 0.05) is 26.7 Å². The van der Waals surface area contributed by atoms with Crippen molar-refractivity contribution < 1.29 is 18.7 Å². The summed E-state index contributed by atoms with van der Waals surface area (Å²) < 4.78 is 23.6. The maximum Gasteiger partial charge on any atom is 0.310 e. The summed E-state index contributed by atoms with van der Waals surface area (Å²) in [6.45, 7) is 5.15. The molecule has 1 N–H and O–H groups in total. The monoisotopic (exact) mass is 379 g/mol. The molecule has 1 unspecified atom stereocenters. The highest BCUT2D eigenvalue weighted by molar-refractivity contribution is 5.81. The van der Waals surface area contributed by atoms with Crippen LogP contribution in [0.4, 0.5) is 4.39 Å². The summed E-state index contributed by atoms with van der Waals surface area (Å²) in [6, 6.07) is 6.05. The number of esters is 1. The van der Waals surface area contributed by atoms with Crippen molar-refractivity contribution in [1.29, 1.82) is 0 Å². The molecule has 1 aliphatic heterocycles. The maximum atomic E-state index is 12.8. The maximum absolute atomic E-state index is 12.8. The summed E-state index contributed by atoms with van der Waals surface area (Å²) in [7, 11) is 1.76. The molecule has 0 saturated carbocycles. The van der Waals surface area contributed by atoms with E-state index in [0.717, 1.165) is 44.7 Å². The Morgan fingerprint density at radius 2 is 2.11 bits per heavy atom. The van der Waals surface area contributed by atoms with Crippen LogP contribution in [-0.4, -0.2) is 56.7 Å². The van der Waals surface area contributed by atoms with Crippen LogP contribution in [0.2, 0.25) is 0 Å². The number of aliphatic imine (C=N–C) groups is 1. The first-order chi connectivity index (χ1) is 13.1. The number of nitrogens with zero attached hydrogens (tertiary/aromatic N) is 2. The van der Waals surface area contributed by atoms with E-state index in [4.69, 9.17) is 9.47 Å². The number of piperidine rings is 1. The molecule has 0 aliphatic carbocycles. The zero-order valence-corrected chi connectivity index (χ0v) is 16.2. The number of benzene rings is 1. The van der Waals surface area contributed by atoms with Crippen molar-refractivity contribution in [1.82, 2.24) is 10.2 Å². The van der Waals surface area contributed by atoms with Gasteiger partial charge in [-0.15, -0.1) is 0 Å². The molecule has 0 bridgehead atoms. The quantitative estimate of drug-likeness (QED) is 0.326. The number of guanidine groups is 1. The zero-order chi connectivity index (χ0) is 19.5. The van der Waals surface area contributed by atoms with Crippen LogP contribution in [0.1, 0.15) is 32.6 Å². The highest BCUT2D eigenvalue weighted by atomic mass is 19.1. The number of hydrogen-bond acceptors (Lipinski definition) is 4. The van der Waals surface area contributed by atoms with Gasteiger partial charge in [0.15, 0.2) is 5.96 Å². The molecule has 27 heavy (non-hydrogen) atoms. The van der Waals surface area contributed by atoms with E-state index in [1.807, 2.05) is 6.92 Å². The van der Waals surface area contributed by atoms with Crippen LogP contribution in [0.15, 0.2) is 29.3 Å². The number of rotatable bonds is 8. The van der Waals surface area contributed by atoms with E-state index < -0.39 is 0 Å². The van der Waals surface area contributed by atoms with Gasteiger partial charge in [-0.05, 0) is 56.9 Å². The van der Waals surface area contributed by atoms with Gasteiger partial charge >= 0.3 is 5.97 Å². The average molecular weight is 379 g/mol.